The van der Waals surface area contributed by atoms with Gasteiger partial charge in [-0.3, -0.25) is 19.4 Å². The van der Waals surface area contributed by atoms with Gasteiger partial charge < -0.3 is 10.1 Å². The van der Waals surface area contributed by atoms with Gasteiger partial charge in [-0.2, -0.15) is 0 Å². The molecule has 0 bridgehead atoms. The average molecular weight is 407 g/mol. The quantitative estimate of drug-likeness (QED) is 0.771. The van der Waals surface area contributed by atoms with Crippen LogP contribution in [-0.2, 0) is 9.59 Å². The van der Waals surface area contributed by atoms with Crippen LogP contribution in [0.5, 0.6) is 5.75 Å². The molecule has 152 valence electrons. The molecule has 1 fully saturated rings. The number of imide groups is 1. The summed E-state index contributed by atoms with van der Waals surface area (Å²) in [6, 6.07) is 11.7. The number of rotatable bonds is 5. The Balaban J connectivity index is 1.64. The van der Waals surface area contributed by atoms with Gasteiger partial charge >= 0.3 is 12.4 Å². The van der Waals surface area contributed by atoms with Gasteiger partial charge in [0.25, 0.3) is 5.91 Å². The summed E-state index contributed by atoms with van der Waals surface area (Å²) in [6.07, 6.45) is -4.82. The minimum atomic E-state index is -4.82. The minimum Gasteiger partial charge on any atom is -0.406 e. The average Bonchev–Trinajstić information content (AvgIpc) is 2.86. The largest absolute Gasteiger partial charge is 0.573 e. The van der Waals surface area contributed by atoms with Gasteiger partial charge in [-0.15, -0.1) is 13.2 Å². The number of anilines is 2. The van der Waals surface area contributed by atoms with E-state index in [1.165, 1.54) is 17.0 Å². The number of benzene rings is 2. The van der Waals surface area contributed by atoms with Crippen LogP contribution in [0.15, 0.2) is 54.6 Å². The monoisotopic (exact) mass is 407 g/mol. The summed E-state index contributed by atoms with van der Waals surface area (Å²) in [5.41, 5.74) is 0.720. The summed E-state index contributed by atoms with van der Waals surface area (Å²) >= 11 is 0. The molecule has 1 N–H and O–H groups in total. The maximum Gasteiger partial charge on any atom is 0.573 e. The van der Waals surface area contributed by atoms with Crippen LogP contribution in [0.25, 0.3) is 0 Å². The lowest BCUT2D eigenvalue weighted by molar-refractivity contribution is -0.274. The van der Waals surface area contributed by atoms with Crippen LogP contribution >= 0.6 is 0 Å². The molecule has 1 unspecified atom stereocenters. The van der Waals surface area contributed by atoms with Crippen molar-refractivity contribution in [3.05, 3.63) is 54.6 Å². The highest BCUT2D eigenvalue weighted by Gasteiger charge is 2.44. The van der Waals surface area contributed by atoms with Crippen molar-refractivity contribution in [1.82, 2.24) is 4.90 Å². The number of carbonyl (C=O) groups excluding carboxylic acids is 3. The van der Waals surface area contributed by atoms with Crippen molar-refractivity contribution in [3.63, 3.8) is 0 Å². The molecule has 1 heterocycles. The Morgan fingerprint density at radius 2 is 1.69 bits per heavy atom. The number of amides is 4. The van der Waals surface area contributed by atoms with Crippen molar-refractivity contribution in [2.45, 2.75) is 19.3 Å². The molecule has 3 rings (SSSR count). The molecule has 1 atom stereocenters. The number of hydrogen-bond donors (Lipinski definition) is 1. The van der Waals surface area contributed by atoms with Gasteiger partial charge in [0.1, 0.15) is 18.3 Å². The first-order valence-corrected chi connectivity index (χ1v) is 8.51. The van der Waals surface area contributed by atoms with Crippen molar-refractivity contribution in [1.29, 1.82) is 0 Å². The summed E-state index contributed by atoms with van der Waals surface area (Å²) < 4.78 is 40.3. The summed E-state index contributed by atoms with van der Waals surface area (Å²) in [4.78, 5) is 39.4. The standard InChI is InChI=1S/C19H16F3N3O4/c1-12-17(27)24(18(28)25(12)14-5-3-2-4-6-14)11-16(26)23-13-7-9-15(10-8-13)29-19(20,21)22/h2-10,12H,11H2,1H3,(H,23,26). The Morgan fingerprint density at radius 1 is 1.07 bits per heavy atom. The molecule has 10 heteroatoms. The van der Waals surface area contributed by atoms with Crippen LogP contribution in [0.3, 0.4) is 0 Å². The SMILES string of the molecule is CC1C(=O)N(CC(=O)Nc2ccc(OC(F)(F)F)cc2)C(=O)N1c1ccccc1. The van der Waals surface area contributed by atoms with Crippen molar-refractivity contribution >= 4 is 29.2 Å². The zero-order valence-electron chi connectivity index (χ0n) is 15.1. The first kappa shape index (κ1) is 20.2. The molecule has 0 spiro atoms. The van der Waals surface area contributed by atoms with E-state index >= 15 is 0 Å². The van der Waals surface area contributed by atoms with Crippen molar-refractivity contribution in [2.24, 2.45) is 0 Å². The Labute approximate surface area is 163 Å². The Hall–Kier alpha value is -3.56. The normalized spacial score (nSPS) is 16.9. The number of hydrogen-bond acceptors (Lipinski definition) is 4. The fourth-order valence-electron chi connectivity index (χ4n) is 2.88. The van der Waals surface area contributed by atoms with Crippen LogP contribution in [0.2, 0.25) is 0 Å². The van der Waals surface area contributed by atoms with E-state index in [2.05, 4.69) is 10.1 Å². The van der Waals surface area contributed by atoms with E-state index in [9.17, 15) is 27.6 Å². The lowest BCUT2D eigenvalue weighted by Gasteiger charge is -2.19. The molecule has 1 aliphatic heterocycles. The van der Waals surface area contributed by atoms with Crippen LogP contribution in [-0.4, -0.2) is 41.7 Å². The second-order valence-electron chi connectivity index (χ2n) is 6.21. The molecule has 4 amide bonds. The van der Waals surface area contributed by atoms with Crippen LogP contribution in [0.4, 0.5) is 29.3 Å². The van der Waals surface area contributed by atoms with Crippen LogP contribution in [0, 0.1) is 0 Å². The maximum absolute atomic E-state index is 12.6. The predicted molar refractivity (Wildman–Crippen MR) is 97.2 cm³/mol. The Morgan fingerprint density at radius 3 is 2.28 bits per heavy atom. The van der Waals surface area contributed by atoms with Crippen molar-refractivity contribution in [2.75, 3.05) is 16.8 Å². The van der Waals surface area contributed by atoms with Gasteiger partial charge in [0.2, 0.25) is 5.91 Å². The van der Waals surface area contributed by atoms with Gasteiger partial charge in [-0.25, -0.2) is 4.79 Å². The molecule has 0 aliphatic carbocycles. The molecular formula is C19H16F3N3O4. The van der Waals surface area contributed by atoms with E-state index in [0.29, 0.717) is 5.69 Å². The predicted octanol–water partition coefficient (Wildman–Crippen LogP) is 3.38. The molecule has 0 saturated carbocycles. The lowest BCUT2D eigenvalue weighted by Crippen LogP contribution is -2.39. The molecule has 29 heavy (non-hydrogen) atoms. The van der Waals surface area contributed by atoms with Crippen LogP contribution < -0.4 is 15.0 Å². The zero-order chi connectivity index (χ0) is 21.2. The number of halogens is 3. The molecule has 2 aromatic rings. The van der Waals surface area contributed by atoms with E-state index in [1.807, 2.05) is 0 Å². The van der Waals surface area contributed by atoms with Crippen molar-refractivity contribution in [3.8, 4) is 5.75 Å². The number of carbonyl (C=O) groups is 3. The summed E-state index contributed by atoms with van der Waals surface area (Å²) in [5.74, 6) is -1.63. The van der Waals surface area contributed by atoms with Crippen molar-refractivity contribution < 1.29 is 32.3 Å². The van der Waals surface area contributed by atoms with Crippen LogP contribution in [0.1, 0.15) is 6.92 Å². The second kappa shape index (κ2) is 7.82. The molecule has 2 aromatic carbocycles. The number of ether oxygens (including phenoxy) is 1. The number of urea groups is 1. The third kappa shape index (κ3) is 4.65. The first-order valence-electron chi connectivity index (χ1n) is 8.51. The van der Waals surface area contributed by atoms with Gasteiger partial charge in [0, 0.05) is 11.4 Å². The molecule has 1 aliphatic rings. The highest BCUT2D eigenvalue weighted by Crippen LogP contribution is 2.26. The minimum absolute atomic E-state index is 0.191. The van der Waals surface area contributed by atoms with Gasteiger partial charge in [-0.1, -0.05) is 18.2 Å². The number of nitrogens with one attached hydrogen (secondary N) is 1. The molecule has 0 aromatic heterocycles. The third-order valence-electron chi connectivity index (χ3n) is 4.16. The summed E-state index contributed by atoms with van der Waals surface area (Å²) in [7, 11) is 0. The Bertz CT molecular complexity index is 917. The Kier molecular flexibility index (Phi) is 5.44. The highest BCUT2D eigenvalue weighted by atomic mass is 19.4. The number of nitrogens with zero attached hydrogens (tertiary/aromatic N) is 2. The van der Waals surface area contributed by atoms with E-state index in [-0.39, 0.29) is 5.69 Å². The molecular weight excluding hydrogens is 391 g/mol. The fourth-order valence-corrected chi connectivity index (χ4v) is 2.88. The van der Waals surface area contributed by atoms with Gasteiger partial charge in [0.15, 0.2) is 0 Å². The second-order valence-corrected chi connectivity index (χ2v) is 6.21. The zero-order valence-corrected chi connectivity index (χ0v) is 15.1. The maximum atomic E-state index is 12.6. The molecule has 7 nitrogen and oxygen atoms in total. The molecule has 0 radical (unpaired) electrons. The lowest BCUT2D eigenvalue weighted by atomic mass is 10.2. The van der Waals surface area contributed by atoms with Gasteiger partial charge in [-0.05, 0) is 43.3 Å². The van der Waals surface area contributed by atoms with E-state index < -0.39 is 42.5 Å². The van der Waals surface area contributed by atoms with E-state index in [0.717, 1.165) is 17.0 Å². The summed E-state index contributed by atoms with van der Waals surface area (Å²) in [6.45, 7) is 1.04. The third-order valence-corrected chi connectivity index (χ3v) is 4.16. The number of alkyl halides is 3. The number of para-hydroxylation sites is 1. The smallest absolute Gasteiger partial charge is 0.406 e. The fraction of sp³-hybridized carbons (Fsp3) is 0.211. The van der Waals surface area contributed by atoms with E-state index in [1.54, 1.807) is 37.3 Å². The highest BCUT2D eigenvalue weighted by molar-refractivity contribution is 6.16. The first-order chi connectivity index (χ1) is 13.7. The van der Waals surface area contributed by atoms with Gasteiger partial charge in [0.05, 0.1) is 0 Å². The van der Waals surface area contributed by atoms with E-state index in [4.69, 9.17) is 0 Å². The topological polar surface area (TPSA) is 79.0 Å². The molecule has 1 saturated heterocycles. The summed E-state index contributed by atoms with van der Waals surface area (Å²) in [5, 5.41) is 2.43.